The normalized spacial score (nSPS) is 26.0. The summed E-state index contributed by atoms with van der Waals surface area (Å²) in [5.74, 6) is -0.875. The van der Waals surface area contributed by atoms with Crippen molar-refractivity contribution in [1.29, 1.82) is 0 Å². The Bertz CT molecular complexity index is 550. The fourth-order valence-corrected chi connectivity index (χ4v) is 4.45. The zero-order valence-electron chi connectivity index (χ0n) is 12.8. The number of ether oxygens (including phenoxy) is 1. The minimum absolute atomic E-state index is 0.260. The monoisotopic (exact) mass is 310 g/mol. The molecule has 1 aromatic rings. The van der Waals surface area contributed by atoms with Gasteiger partial charge in [-0.25, -0.2) is 9.78 Å². The molecular formula is C15H22N2O3S. The van der Waals surface area contributed by atoms with E-state index < -0.39 is 5.97 Å². The summed E-state index contributed by atoms with van der Waals surface area (Å²) in [5.41, 5.74) is 0.431. The number of hydrogen-bond donors (Lipinski definition) is 1. The second kappa shape index (κ2) is 5.25. The van der Waals surface area contributed by atoms with Crippen LogP contribution in [0.2, 0.25) is 0 Å². The van der Waals surface area contributed by atoms with Gasteiger partial charge in [0.05, 0.1) is 24.4 Å². The molecule has 0 spiro atoms. The zero-order valence-corrected chi connectivity index (χ0v) is 13.6. The lowest BCUT2D eigenvalue weighted by atomic mass is 9.91. The third kappa shape index (κ3) is 2.66. The van der Waals surface area contributed by atoms with Gasteiger partial charge in [0.1, 0.15) is 4.88 Å². The van der Waals surface area contributed by atoms with Crippen molar-refractivity contribution in [3.63, 3.8) is 0 Å². The molecule has 0 radical (unpaired) electrons. The molecule has 6 heteroatoms. The molecule has 21 heavy (non-hydrogen) atoms. The van der Waals surface area contributed by atoms with Gasteiger partial charge in [0.2, 0.25) is 0 Å². The Morgan fingerprint density at radius 2 is 2.19 bits per heavy atom. The van der Waals surface area contributed by atoms with Crippen LogP contribution < -0.4 is 4.90 Å². The summed E-state index contributed by atoms with van der Waals surface area (Å²) in [6.45, 7) is 7.53. The predicted octanol–water partition coefficient (Wildman–Crippen LogP) is 2.90. The Morgan fingerprint density at radius 3 is 2.81 bits per heavy atom. The molecule has 2 fully saturated rings. The number of carboxylic acid groups (broad SMARTS) is 1. The molecule has 1 saturated heterocycles. The third-order valence-electron chi connectivity index (χ3n) is 4.25. The number of hydrogen-bond acceptors (Lipinski definition) is 5. The van der Waals surface area contributed by atoms with Crippen LogP contribution in [0, 0.1) is 0 Å². The molecular weight excluding hydrogens is 288 g/mol. The van der Waals surface area contributed by atoms with Crippen molar-refractivity contribution in [2.24, 2.45) is 0 Å². The molecule has 116 valence electrons. The number of aromatic nitrogens is 1. The third-order valence-corrected chi connectivity index (χ3v) is 5.33. The van der Waals surface area contributed by atoms with Gasteiger partial charge >= 0.3 is 5.97 Å². The summed E-state index contributed by atoms with van der Waals surface area (Å²) in [5, 5.41) is 10.3. The second-order valence-electron chi connectivity index (χ2n) is 6.83. The molecule has 5 nitrogen and oxygen atoms in total. The van der Waals surface area contributed by atoms with Crippen LogP contribution in [0.4, 0.5) is 5.13 Å². The lowest BCUT2D eigenvalue weighted by molar-refractivity contribution is 0.0256. The van der Waals surface area contributed by atoms with E-state index in [1.807, 2.05) is 20.8 Å². The highest BCUT2D eigenvalue weighted by Gasteiger charge is 2.38. The number of thiazole rings is 1. The van der Waals surface area contributed by atoms with E-state index in [0.717, 1.165) is 24.5 Å². The van der Waals surface area contributed by atoms with Crippen LogP contribution in [0.15, 0.2) is 0 Å². The summed E-state index contributed by atoms with van der Waals surface area (Å²) < 4.78 is 5.82. The van der Waals surface area contributed by atoms with Crippen LogP contribution in [0.3, 0.4) is 0 Å². The lowest BCUT2D eigenvalue weighted by Gasteiger charge is -2.37. The van der Waals surface area contributed by atoms with E-state index in [2.05, 4.69) is 4.90 Å². The highest BCUT2D eigenvalue weighted by molar-refractivity contribution is 7.17. The fourth-order valence-electron chi connectivity index (χ4n) is 3.25. The molecule has 2 atom stereocenters. The quantitative estimate of drug-likeness (QED) is 0.910. The van der Waals surface area contributed by atoms with Crippen LogP contribution >= 0.6 is 11.3 Å². The first-order valence-electron chi connectivity index (χ1n) is 7.51. The summed E-state index contributed by atoms with van der Waals surface area (Å²) in [6.07, 6.45) is 3.67. The molecule has 2 aliphatic rings. The number of anilines is 1. The van der Waals surface area contributed by atoms with E-state index in [4.69, 9.17) is 9.72 Å². The maximum atomic E-state index is 11.5. The van der Waals surface area contributed by atoms with Crippen molar-refractivity contribution in [3.05, 3.63) is 10.6 Å². The topological polar surface area (TPSA) is 62.7 Å². The summed E-state index contributed by atoms with van der Waals surface area (Å²) in [7, 11) is 0. The van der Waals surface area contributed by atoms with Crippen LogP contribution in [0.1, 0.15) is 55.4 Å². The number of aromatic carboxylic acids is 1. The number of carboxylic acids is 1. The van der Waals surface area contributed by atoms with Crippen molar-refractivity contribution in [2.75, 3.05) is 18.1 Å². The number of nitrogens with zero attached hydrogens (tertiary/aromatic N) is 2. The molecule has 1 aliphatic carbocycles. The Balaban J connectivity index is 1.97. The van der Waals surface area contributed by atoms with Gasteiger partial charge in [0.25, 0.3) is 0 Å². The van der Waals surface area contributed by atoms with Crippen molar-refractivity contribution in [2.45, 2.75) is 57.6 Å². The highest BCUT2D eigenvalue weighted by Crippen LogP contribution is 2.38. The first-order chi connectivity index (χ1) is 9.88. The minimum Gasteiger partial charge on any atom is -0.477 e. The number of carbonyl (C=O) groups is 1. The van der Waals surface area contributed by atoms with Crippen molar-refractivity contribution in [3.8, 4) is 0 Å². The zero-order chi connectivity index (χ0) is 15.2. The molecule has 1 saturated carbocycles. The van der Waals surface area contributed by atoms with Gasteiger partial charge in [-0.3, -0.25) is 0 Å². The van der Waals surface area contributed by atoms with E-state index in [1.165, 1.54) is 17.8 Å². The van der Waals surface area contributed by atoms with Gasteiger partial charge in [-0.2, -0.15) is 0 Å². The molecule has 1 N–H and O–H groups in total. The highest BCUT2D eigenvalue weighted by atomic mass is 32.1. The van der Waals surface area contributed by atoms with E-state index in [1.54, 1.807) is 0 Å². The van der Waals surface area contributed by atoms with Crippen LogP contribution in [0.5, 0.6) is 0 Å². The van der Waals surface area contributed by atoms with Gasteiger partial charge in [-0.1, -0.05) is 32.1 Å². The largest absolute Gasteiger partial charge is 0.477 e. The predicted molar refractivity (Wildman–Crippen MR) is 82.5 cm³/mol. The summed E-state index contributed by atoms with van der Waals surface area (Å²) >= 11 is 1.31. The maximum Gasteiger partial charge on any atom is 0.347 e. The van der Waals surface area contributed by atoms with E-state index in [0.29, 0.717) is 23.2 Å². The molecule has 0 aromatic carbocycles. The number of morpholine rings is 1. The second-order valence-corrected chi connectivity index (χ2v) is 7.81. The minimum atomic E-state index is -0.875. The first-order valence-corrected chi connectivity index (χ1v) is 8.32. The molecule has 1 aromatic heterocycles. The smallest absolute Gasteiger partial charge is 0.347 e. The van der Waals surface area contributed by atoms with Gasteiger partial charge in [-0.15, -0.1) is 0 Å². The van der Waals surface area contributed by atoms with E-state index in [-0.39, 0.29) is 11.5 Å². The SMILES string of the molecule is CC(C)(C)c1nc(N2CCOC3CCCC32)sc1C(=O)O. The molecule has 0 bridgehead atoms. The molecule has 1 aliphatic heterocycles. The van der Waals surface area contributed by atoms with Crippen LogP contribution in [-0.4, -0.2) is 41.4 Å². The van der Waals surface area contributed by atoms with Gasteiger partial charge in [0, 0.05) is 12.0 Å². The number of rotatable bonds is 2. The molecule has 2 heterocycles. The molecule has 3 rings (SSSR count). The van der Waals surface area contributed by atoms with Gasteiger partial charge in [0.15, 0.2) is 5.13 Å². The first kappa shape index (κ1) is 14.8. The maximum absolute atomic E-state index is 11.5. The van der Waals surface area contributed by atoms with Crippen molar-refractivity contribution < 1.29 is 14.6 Å². The van der Waals surface area contributed by atoms with Crippen molar-refractivity contribution in [1.82, 2.24) is 4.98 Å². The fraction of sp³-hybridized carbons (Fsp3) is 0.733. The molecule has 2 unspecified atom stereocenters. The lowest BCUT2D eigenvalue weighted by Crippen LogP contribution is -2.48. The van der Waals surface area contributed by atoms with Gasteiger partial charge < -0.3 is 14.7 Å². The average molecular weight is 310 g/mol. The standard InChI is InChI=1S/C15H22N2O3S/c1-15(2,3)12-11(13(18)19)21-14(16-12)17-7-8-20-10-6-4-5-9(10)17/h9-10H,4-8H2,1-3H3,(H,18,19). The van der Waals surface area contributed by atoms with E-state index in [9.17, 15) is 9.90 Å². The summed E-state index contributed by atoms with van der Waals surface area (Å²) in [6, 6.07) is 0.361. The Kier molecular flexibility index (Phi) is 3.69. The molecule has 0 amide bonds. The van der Waals surface area contributed by atoms with Crippen molar-refractivity contribution >= 4 is 22.4 Å². The van der Waals surface area contributed by atoms with Crippen LogP contribution in [0.25, 0.3) is 0 Å². The Hall–Kier alpha value is -1.14. The number of fused-ring (bicyclic) bond motifs is 1. The summed E-state index contributed by atoms with van der Waals surface area (Å²) in [4.78, 5) is 18.9. The Labute approximate surface area is 128 Å². The average Bonchev–Trinajstić information content (AvgIpc) is 3.04. The van der Waals surface area contributed by atoms with Gasteiger partial charge in [-0.05, 0) is 19.3 Å². The van der Waals surface area contributed by atoms with Crippen LogP contribution in [-0.2, 0) is 10.2 Å². The van der Waals surface area contributed by atoms with E-state index >= 15 is 0 Å². The Morgan fingerprint density at radius 1 is 1.43 bits per heavy atom.